The molecule has 13 nitrogen and oxygen atoms in total. The molecule has 6 N–H and O–H groups in total. The summed E-state index contributed by atoms with van der Waals surface area (Å²) in [4.78, 5) is 43.2. The molecule has 13 heteroatoms. The molecule has 0 fully saturated rings. The first-order valence-corrected chi connectivity index (χ1v) is 17.2. The van der Waals surface area contributed by atoms with Gasteiger partial charge in [0.1, 0.15) is 11.9 Å². The van der Waals surface area contributed by atoms with Crippen molar-refractivity contribution < 1.29 is 33.7 Å². The first-order valence-electron chi connectivity index (χ1n) is 17.2. The van der Waals surface area contributed by atoms with Crippen molar-refractivity contribution >= 4 is 40.6 Å². The van der Waals surface area contributed by atoms with Crippen LogP contribution in [0.15, 0.2) is 84.9 Å². The van der Waals surface area contributed by atoms with Crippen LogP contribution in [0, 0.1) is 5.92 Å². The SMILES string of the molecule is C[C@H]1CN([C@@H](C)CO)C(=O)Cc2cc(NC(=O)Nc3ccc4c(c3)OCO4)ccc2O[C@@H]1CN(C)Cc1ccc(C(=O)Nc2ccccc2N)cc1. The van der Waals surface area contributed by atoms with E-state index < -0.39 is 12.1 Å². The fourth-order valence-electron chi connectivity index (χ4n) is 6.24. The number of nitrogens with two attached hydrogens (primary N) is 1. The van der Waals surface area contributed by atoms with Crippen LogP contribution in [0.1, 0.15) is 35.3 Å². The highest BCUT2D eigenvalue weighted by molar-refractivity contribution is 6.05. The Hall–Kier alpha value is -5.79. The van der Waals surface area contributed by atoms with E-state index in [1.165, 1.54) is 0 Å². The third kappa shape index (κ3) is 8.74. The molecule has 6 rings (SSSR count). The van der Waals surface area contributed by atoms with Gasteiger partial charge in [0.2, 0.25) is 12.7 Å². The molecule has 0 bridgehead atoms. The zero-order valence-electron chi connectivity index (χ0n) is 29.4. The summed E-state index contributed by atoms with van der Waals surface area (Å²) < 4.78 is 17.4. The Morgan fingerprint density at radius 3 is 2.37 bits per heavy atom. The zero-order chi connectivity index (χ0) is 36.8. The summed E-state index contributed by atoms with van der Waals surface area (Å²) >= 11 is 0. The smallest absolute Gasteiger partial charge is 0.323 e. The fourth-order valence-corrected chi connectivity index (χ4v) is 6.24. The number of para-hydroxylation sites is 2. The molecule has 4 aromatic carbocycles. The number of benzene rings is 4. The molecule has 4 amide bonds. The van der Waals surface area contributed by atoms with Crippen molar-refractivity contribution in [2.75, 3.05) is 55.2 Å². The van der Waals surface area contributed by atoms with E-state index >= 15 is 0 Å². The quantitative estimate of drug-likeness (QED) is 0.140. The summed E-state index contributed by atoms with van der Waals surface area (Å²) in [5.74, 6) is 1.23. The zero-order valence-corrected chi connectivity index (χ0v) is 29.4. The number of nitrogen functional groups attached to an aromatic ring is 1. The Balaban J connectivity index is 1.14. The summed E-state index contributed by atoms with van der Waals surface area (Å²) in [6.07, 6.45) is -0.289. The van der Waals surface area contributed by atoms with Gasteiger partial charge in [-0.15, -0.1) is 0 Å². The number of aliphatic hydroxyl groups excluding tert-OH is 1. The normalized spacial score (nSPS) is 17.2. The molecule has 0 aromatic heterocycles. The summed E-state index contributed by atoms with van der Waals surface area (Å²) in [5.41, 5.74) is 10.2. The van der Waals surface area contributed by atoms with E-state index in [0.717, 1.165) is 5.56 Å². The van der Waals surface area contributed by atoms with Gasteiger partial charge in [-0.3, -0.25) is 14.5 Å². The molecule has 0 saturated carbocycles. The molecule has 0 aliphatic carbocycles. The number of amides is 4. The van der Waals surface area contributed by atoms with Crippen LogP contribution in [0.25, 0.3) is 0 Å². The molecule has 2 heterocycles. The molecular weight excluding hydrogens is 664 g/mol. The second-order valence-corrected chi connectivity index (χ2v) is 13.3. The van der Waals surface area contributed by atoms with Gasteiger partial charge in [0.05, 0.1) is 30.4 Å². The lowest BCUT2D eigenvalue weighted by molar-refractivity contribution is -0.134. The number of hydrogen-bond acceptors (Lipinski definition) is 9. The van der Waals surface area contributed by atoms with Gasteiger partial charge in [-0.05, 0) is 74.1 Å². The maximum Gasteiger partial charge on any atom is 0.323 e. The van der Waals surface area contributed by atoms with Crippen molar-refractivity contribution in [1.82, 2.24) is 9.80 Å². The topological polar surface area (TPSA) is 168 Å². The molecular formula is C39H44N6O7. The summed E-state index contributed by atoms with van der Waals surface area (Å²) in [6.45, 7) is 5.33. The van der Waals surface area contributed by atoms with Crippen molar-refractivity contribution in [2.45, 2.75) is 39.0 Å². The molecule has 3 atom stereocenters. The average Bonchev–Trinajstić information content (AvgIpc) is 3.61. The number of carbonyl (C=O) groups excluding carboxylic acids is 3. The molecule has 2 aliphatic heterocycles. The molecule has 2 aliphatic rings. The monoisotopic (exact) mass is 708 g/mol. The number of ether oxygens (including phenoxy) is 3. The van der Waals surface area contributed by atoms with Crippen LogP contribution in [0.2, 0.25) is 0 Å². The number of anilines is 4. The predicted molar refractivity (Wildman–Crippen MR) is 199 cm³/mol. The summed E-state index contributed by atoms with van der Waals surface area (Å²) in [7, 11) is 1.99. The Bertz CT molecular complexity index is 1920. The predicted octanol–water partition coefficient (Wildman–Crippen LogP) is 5.17. The van der Waals surface area contributed by atoms with Gasteiger partial charge in [0.25, 0.3) is 5.91 Å². The van der Waals surface area contributed by atoms with E-state index in [0.29, 0.717) is 70.8 Å². The van der Waals surface area contributed by atoms with Crippen molar-refractivity contribution in [3.05, 3.63) is 102 Å². The van der Waals surface area contributed by atoms with E-state index in [4.69, 9.17) is 19.9 Å². The highest BCUT2D eigenvalue weighted by Crippen LogP contribution is 2.34. The van der Waals surface area contributed by atoms with E-state index in [2.05, 4.69) is 20.9 Å². The van der Waals surface area contributed by atoms with Crippen LogP contribution in [0.4, 0.5) is 27.5 Å². The number of nitrogens with zero attached hydrogens (tertiary/aromatic N) is 2. The Kier molecular flexibility index (Phi) is 11.1. The van der Waals surface area contributed by atoms with Crippen LogP contribution in [0.3, 0.4) is 0 Å². The third-order valence-electron chi connectivity index (χ3n) is 9.17. The number of hydrogen-bond donors (Lipinski definition) is 5. The standard InChI is InChI=1S/C39H44N6O7/c1-24-19-45(25(2)22-46)37(47)17-28-16-29(41-39(49)42-30-13-15-34-35(18-30)51-23-50-34)12-14-33(28)52-36(24)21-44(3)20-26-8-10-27(11-9-26)38(48)43-32-7-5-4-6-31(32)40/h4-16,18,24-25,36,46H,17,19-23,40H2,1-3H3,(H,43,48)(H2,41,42,49)/t24-,25-,36+/m0/s1. The second-order valence-electron chi connectivity index (χ2n) is 13.3. The maximum atomic E-state index is 13.7. The van der Waals surface area contributed by atoms with Gasteiger partial charge >= 0.3 is 6.03 Å². The third-order valence-corrected chi connectivity index (χ3v) is 9.17. The van der Waals surface area contributed by atoms with Crippen molar-refractivity contribution in [1.29, 1.82) is 0 Å². The maximum absolute atomic E-state index is 13.7. The first-order chi connectivity index (χ1) is 25.1. The molecule has 0 saturated heterocycles. The number of aliphatic hydroxyl groups is 1. The Morgan fingerprint density at radius 1 is 0.942 bits per heavy atom. The van der Waals surface area contributed by atoms with Crippen molar-refractivity contribution in [2.24, 2.45) is 5.92 Å². The van der Waals surface area contributed by atoms with Crippen LogP contribution in [0.5, 0.6) is 17.2 Å². The minimum atomic E-state index is -0.465. The number of rotatable bonds is 10. The van der Waals surface area contributed by atoms with Crippen molar-refractivity contribution in [3.63, 3.8) is 0 Å². The van der Waals surface area contributed by atoms with Gasteiger partial charge in [-0.2, -0.15) is 0 Å². The number of carbonyl (C=O) groups is 3. The van der Waals surface area contributed by atoms with Gasteiger partial charge in [0, 0.05) is 54.1 Å². The van der Waals surface area contributed by atoms with E-state index in [1.807, 2.05) is 45.2 Å². The van der Waals surface area contributed by atoms with Crippen LogP contribution < -0.4 is 35.9 Å². The van der Waals surface area contributed by atoms with Crippen LogP contribution in [-0.4, -0.2) is 78.4 Å². The van der Waals surface area contributed by atoms with E-state index in [1.54, 1.807) is 65.6 Å². The molecule has 272 valence electrons. The summed E-state index contributed by atoms with van der Waals surface area (Å²) in [6, 6.07) is 24.1. The number of nitrogens with one attached hydrogen (secondary N) is 3. The van der Waals surface area contributed by atoms with Crippen LogP contribution in [-0.2, 0) is 17.8 Å². The lowest BCUT2D eigenvalue weighted by atomic mass is 10.0. The minimum Gasteiger partial charge on any atom is -0.488 e. The van der Waals surface area contributed by atoms with Gasteiger partial charge < -0.3 is 45.9 Å². The Morgan fingerprint density at radius 2 is 1.63 bits per heavy atom. The van der Waals surface area contributed by atoms with E-state index in [9.17, 15) is 19.5 Å². The first kappa shape index (κ1) is 36.0. The van der Waals surface area contributed by atoms with E-state index in [-0.39, 0.29) is 43.7 Å². The average molecular weight is 709 g/mol. The summed E-state index contributed by atoms with van der Waals surface area (Å²) in [5, 5.41) is 18.5. The molecule has 52 heavy (non-hydrogen) atoms. The largest absolute Gasteiger partial charge is 0.488 e. The lowest BCUT2D eigenvalue weighted by Crippen LogP contribution is -2.47. The molecule has 0 spiro atoms. The molecule has 4 aromatic rings. The Labute approximate surface area is 302 Å². The number of urea groups is 1. The molecule has 0 radical (unpaired) electrons. The van der Waals surface area contributed by atoms with Crippen molar-refractivity contribution in [3.8, 4) is 17.2 Å². The highest BCUT2D eigenvalue weighted by Gasteiger charge is 2.31. The highest BCUT2D eigenvalue weighted by atomic mass is 16.7. The molecule has 0 unspecified atom stereocenters. The fraction of sp³-hybridized carbons (Fsp3) is 0.308. The van der Waals surface area contributed by atoms with Gasteiger partial charge in [0.15, 0.2) is 11.5 Å². The second kappa shape index (κ2) is 16.0. The lowest BCUT2D eigenvalue weighted by Gasteiger charge is -2.34. The van der Waals surface area contributed by atoms with Crippen LogP contribution >= 0.6 is 0 Å². The van der Waals surface area contributed by atoms with Gasteiger partial charge in [-0.25, -0.2) is 4.79 Å². The number of likely N-dealkylation sites (N-methyl/N-ethyl adjacent to an activating group) is 1. The number of fused-ring (bicyclic) bond motifs is 2. The van der Waals surface area contributed by atoms with Gasteiger partial charge in [-0.1, -0.05) is 31.2 Å². The minimum absolute atomic E-state index is 0.0328.